The number of nitrogens with one attached hydrogen (secondary N) is 1. The Bertz CT molecular complexity index is 499. The maximum absolute atomic E-state index is 11.8. The molecule has 21 heavy (non-hydrogen) atoms. The van der Waals surface area contributed by atoms with Crippen molar-refractivity contribution in [2.24, 2.45) is 11.0 Å². The van der Waals surface area contributed by atoms with Gasteiger partial charge in [-0.05, 0) is 63.3 Å². The Balaban J connectivity index is 2.29. The molecule has 1 amide bonds. The zero-order valence-corrected chi connectivity index (χ0v) is 13.1. The van der Waals surface area contributed by atoms with Crippen LogP contribution in [0.4, 0.5) is 5.69 Å². The van der Waals surface area contributed by atoms with Gasteiger partial charge >= 0.3 is 0 Å². The molecule has 0 aliphatic carbocycles. The molecular weight excluding hydrogens is 262 g/mol. The summed E-state index contributed by atoms with van der Waals surface area (Å²) in [7, 11) is 0. The normalized spacial score (nSPS) is 12.1. The summed E-state index contributed by atoms with van der Waals surface area (Å²) in [5, 5.41) is 3.98. The van der Waals surface area contributed by atoms with Crippen LogP contribution in [0.3, 0.4) is 0 Å². The van der Waals surface area contributed by atoms with Gasteiger partial charge in [0, 0.05) is 17.5 Å². The van der Waals surface area contributed by atoms with Gasteiger partial charge in [0.05, 0.1) is 0 Å². The number of carbonyl (C=O) groups excluding carboxylic acids is 1. The summed E-state index contributed by atoms with van der Waals surface area (Å²) < 4.78 is 0. The topological polar surface area (TPSA) is 67.5 Å². The third-order valence-electron chi connectivity index (χ3n) is 3.15. The Morgan fingerprint density at radius 2 is 2.00 bits per heavy atom. The largest absolute Gasteiger partial charge is 0.399 e. The van der Waals surface area contributed by atoms with Crippen molar-refractivity contribution in [2.75, 3.05) is 5.73 Å². The second-order valence-electron chi connectivity index (χ2n) is 5.57. The first-order chi connectivity index (χ1) is 9.99. The van der Waals surface area contributed by atoms with Crippen LogP contribution < -0.4 is 11.2 Å². The van der Waals surface area contributed by atoms with Crippen LogP contribution in [0.5, 0.6) is 0 Å². The van der Waals surface area contributed by atoms with Crippen LogP contribution in [-0.4, -0.2) is 12.1 Å². The molecule has 0 aliphatic heterocycles. The molecule has 1 atom stereocenters. The molecule has 0 radical (unpaired) electrons. The summed E-state index contributed by atoms with van der Waals surface area (Å²) in [4.78, 5) is 11.8. The Labute approximate surface area is 127 Å². The number of anilines is 1. The molecule has 0 aliphatic rings. The number of nitrogens with two attached hydrogens (primary N) is 1. The second kappa shape index (κ2) is 8.95. The Morgan fingerprint density at radius 3 is 2.62 bits per heavy atom. The SMILES string of the molecule is CC(C)=CCC[C@H](C)C/C=N\NC(=O)c1ccc(N)cc1. The van der Waals surface area contributed by atoms with Crippen molar-refractivity contribution in [3.63, 3.8) is 0 Å². The van der Waals surface area contributed by atoms with Crippen LogP contribution in [0.15, 0.2) is 41.0 Å². The molecule has 0 saturated heterocycles. The van der Waals surface area contributed by atoms with Crippen LogP contribution >= 0.6 is 0 Å². The average Bonchev–Trinajstić information content (AvgIpc) is 2.43. The van der Waals surface area contributed by atoms with Gasteiger partial charge in [-0.1, -0.05) is 18.6 Å². The summed E-state index contributed by atoms with van der Waals surface area (Å²) in [6.07, 6.45) is 7.09. The monoisotopic (exact) mass is 287 g/mol. The van der Waals surface area contributed by atoms with E-state index in [1.165, 1.54) is 5.57 Å². The van der Waals surface area contributed by atoms with E-state index >= 15 is 0 Å². The van der Waals surface area contributed by atoms with Crippen LogP contribution in [0.25, 0.3) is 0 Å². The number of hydrogen-bond acceptors (Lipinski definition) is 3. The number of benzene rings is 1. The summed E-state index contributed by atoms with van der Waals surface area (Å²) in [6.45, 7) is 6.41. The molecule has 0 fully saturated rings. The van der Waals surface area contributed by atoms with Gasteiger partial charge in [0.15, 0.2) is 0 Å². The van der Waals surface area contributed by atoms with Crippen molar-refractivity contribution < 1.29 is 4.79 Å². The smallest absolute Gasteiger partial charge is 0.271 e. The fourth-order valence-electron chi connectivity index (χ4n) is 1.81. The first kappa shape index (κ1) is 17.0. The van der Waals surface area contributed by atoms with Gasteiger partial charge in [-0.25, -0.2) is 5.43 Å². The molecule has 4 heteroatoms. The Morgan fingerprint density at radius 1 is 1.33 bits per heavy atom. The second-order valence-corrected chi connectivity index (χ2v) is 5.57. The summed E-state index contributed by atoms with van der Waals surface area (Å²) in [5.41, 5.74) is 10.6. The van der Waals surface area contributed by atoms with Gasteiger partial charge in [-0.2, -0.15) is 5.10 Å². The van der Waals surface area contributed by atoms with Crippen LogP contribution in [0.1, 0.15) is 50.4 Å². The van der Waals surface area contributed by atoms with Crippen molar-refractivity contribution in [1.82, 2.24) is 5.43 Å². The van der Waals surface area contributed by atoms with E-state index in [-0.39, 0.29) is 5.91 Å². The van der Waals surface area contributed by atoms with E-state index in [4.69, 9.17) is 5.73 Å². The van der Waals surface area contributed by atoms with Gasteiger partial charge < -0.3 is 5.73 Å². The summed E-state index contributed by atoms with van der Waals surface area (Å²) in [5.74, 6) is 0.334. The fraction of sp³-hybridized carbons (Fsp3) is 0.412. The minimum Gasteiger partial charge on any atom is -0.399 e. The lowest BCUT2D eigenvalue weighted by molar-refractivity contribution is 0.0955. The minimum atomic E-state index is -0.219. The average molecular weight is 287 g/mol. The van der Waals surface area contributed by atoms with Crippen molar-refractivity contribution >= 4 is 17.8 Å². The zero-order valence-electron chi connectivity index (χ0n) is 13.1. The Kier molecular flexibility index (Phi) is 7.23. The zero-order chi connectivity index (χ0) is 15.7. The van der Waals surface area contributed by atoms with E-state index in [0.29, 0.717) is 17.2 Å². The Hall–Kier alpha value is -2.10. The number of hydrogen-bond donors (Lipinski definition) is 2. The van der Waals surface area contributed by atoms with E-state index < -0.39 is 0 Å². The molecule has 1 rings (SSSR count). The van der Waals surface area contributed by atoms with Crippen molar-refractivity contribution in [2.45, 2.75) is 40.0 Å². The number of nitrogen functional groups attached to an aromatic ring is 1. The van der Waals surface area contributed by atoms with Crippen molar-refractivity contribution in [3.05, 3.63) is 41.5 Å². The number of nitrogens with zero attached hydrogens (tertiary/aromatic N) is 1. The third kappa shape index (κ3) is 7.30. The molecule has 4 nitrogen and oxygen atoms in total. The van der Waals surface area contributed by atoms with E-state index in [1.54, 1.807) is 30.5 Å². The highest BCUT2D eigenvalue weighted by Crippen LogP contribution is 2.10. The third-order valence-corrected chi connectivity index (χ3v) is 3.15. The summed E-state index contributed by atoms with van der Waals surface area (Å²) >= 11 is 0. The van der Waals surface area contributed by atoms with Crippen LogP contribution in [0, 0.1) is 5.92 Å². The lowest BCUT2D eigenvalue weighted by atomic mass is 10.0. The summed E-state index contributed by atoms with van der Waals surface area (Å²) in [6, 6.07) is 6.76. The predicted molar refractivity (Wildman–Crippen MR) is 89.3 cm³/mol. The molecule has 0 unspecified atom stereocenters. The van der Waals surface area contributed by atoms with Gasteiger partial charge in [-0.15, -0.1) is 0 Å². The highest BCUT2D eigenvalue weighted by molar-refractivity contribution is 5.94. The molecular formula is C17H25N3O. The number of amides is 1. The number of rotatable bonds is 7. The molecule has 0 heterocycles. The molecule has 114 valence electrons. The van der Waals surface area contributed by atoms with Crippen LogP contribution in [0.2, 0.25) is 0 Å². The van der Waals surface area contributed by atoms with E-state index in [2.05, 4.69) is 37.4 Å². The molecule has 1 aromatic carbocycles. The predicted octanol–water partition coefficient (Wildman–Crippen LogP) is 3.76. The molecule has 0 spiro atoms. The van der Waals surface area contributed by atoms with E-state index in [0.717, 1.165) is 19.3 Å². The standard InChI is InChI=1S/C17H25N3O/c1-13(2)5-4-6-14(3)11-12-19-20-17(21)15-7-9-16(18)10-8-15/h5,7-10,12,14H,4,6,11,18H2,1-3H3,(H,20,21)/b19-12-/t14-/m0/s1. The lowest BCUT2D eigenvalue weighted by Crippen LogP contribution is -2.17. The van der Waals surface area contributed by atoms with Crippen molar-refractivity contribution in [1.29, 1.82) is 0 Å². The minimum absolute atomic E-state index is 0.219. The molecule has 3 N–H and O–H groups in total. The fourth-order valence-corrected chi connectivity index (χ4v) is 1.81. The van der Waals surface area contributed by atoms with Crippen molar-refractivity contribution in [3.8, 4) is 0 Å². The van der Waals surface area contributed by atoms with Gasteiger partial charge in [0.1, 0.15) is 0 Å². The first-order valence-electron chi connectivity index (χ1n) is 7.29. The van der Waals surface area contributed by atoms with Gasteiger partial charge in [0.2, 0.25) is 0 Å². The molecule has 0 aromatic heterocycles. The molecule has 0 saturated carbocycles. The maximum Gasteiger partial charge on any atom is 0.271 e. The molecule has 1 aromatic rings. The number of carbonyl (C=O) groups is 1. The van der Waals surface area contributed by atoms with Gasteiger partial charge in [0.25, 0.3) is 5.91 Å². The lowest BCUT2D eigenvalue weighted by Gasteiger charge is -2.06. The number of hydrazone groups is 1. The van der Waals surface area contributed by atoms with E-state index in [9.17, 15) is 4.79 Å². The highest BCUT2D eigenvalue weighted by atomic mass is 16.2. The van der Waals surface area contributed by atoms with Crippen LogP contribution in [-0.2, 0) is 0 Å². The highest BCUT2D eigenvalue weighted by Gasteiger charge is 2.03. The first-order valence-corrected chi connectivity index (χ1v) is 7.29. The number of allylic oxidation sites excluding steroid dienone is 2. The van der Waals surface area contributed by atoms with E-state index in [1.807, 2.05) is 0 Å². The van der Waals surface area contributed by atoms with Gasteiger partial charge in [-0.3, -0.25) is 4.79 Å². The quantitative estimate of drug-likeness (QED) is 0.347. The molecule has 0 bridgehead atoms. The maximum atomic E-state index is 11.8.